The van der Waals surface area contributed by atoms with E-state index in [0.717, 1.165) is 9.26 Å². The van der Waals surface area contributed by atoms with Crippen LogP contribution in [0.25, 0.3) is 0 Å². The molecular formula is C11H14INO2. The summed E-state index contributed by atoms with van der Waals surface area (Å²) >= 11 is 2.17. The number of hydrogen-bond donors (Lipinski definition) is 1. The first-order valence-electron chi connectivity index (χ1n) is 4.69. The van der Waals surface area contributed by atoms with E-state index in [0.29, 0.717) is 5.56 Å². The van der Waals surface area contributed by atoms with Crippen molar-refractivity contribution < 1.29 is 9.53 Å². The molecule has 0 fully saturated rings. The molecule has 0 atom stereocenters. The summed E-state index contributed by atoms with van der Waals surface area (Å²) in [6, 6.07) is 5.96. The first-order valence-corrected chi connectivity index (χ1v) is 5.77. The summed E-state index contributed by atoms with van der Waals surface area (Å²) < 4.78 is 5.75. The highest BCUT2D eigenvalue weighted by Crippen LogP contribution is 2.20. The largest absolute Gasteiger partial charge is 0.465 e. The summed E-state index contributed by atoms with van der Waals surface area (Å²) in [6.45, 7) is 4.05. The monoisotopic (exact) mass is 319 g/mol. The summed E-state index contributed by atoms with van der Waals surface area (Å²) in [7, 11) is 1.39. The van der Waals surface area contributed by atoms with Crippen LogP contribution in [0.15, 0.2) is 18.2 Å². The smallest absolute Gasteiger partial charge is 0.339 e. The average Bonchev–Trinajstić information content (AvgIpc) is 2.19. The lowest BCUT2D eigenvalue weighted by Gasteiger charge is -2.13. The van der Waals surface area contributed by atoms with Gasteiger partial charge in [-0.25, -0.2) is 4.79 Å². The fraction of sp³-hybridized carbons (Fsp3) is 0.364. The number of esters is 1. The van der Waals surface area contributed by atoms with E-state index in [4.69, 9.17) is 4.74 Å². The second-order valence-corrected chi connectivity index (χ2v) is 4.73. The van der Waals surface area contributed by atoms with Gasteiger partial charge in [0.1, 0.15) is 0 Å². The maximum Gasteiger partial charge on any atom is 0.339 e. The number of halogens is 1. The van der Waals surface area contributed by atoms with Gasteiger partial charge in [-0.05, 0) is 54.6 Å². The van der Waals surface area contributed by atoms with Gasteiger partial charge in [-0.2, -0.15) is 0 Å². The van der Waals surface area contributed by atoms with Crippen molar-refractivity contribution in [1.82, 2.24) is 0 Å². The number of ether oxygens (including phenoxy) is 1. The Hall–Kier alpha value is -0.780. The molecule has 15 heavy (non-hydrogen) atoms. The average molecular weight is 319 g/mol. The molecule has 0 saturated heterocycles. The van der Waals surface area contributed by atoms with E-state index >= 15 is 0 Å². The third kappa shape index (κ3) is 3.37. The van der Waals surface area contributed by atoms with Crippen molar-refractivity contribution >= 4 is 34.2 Å². The Labute approximate surface area is 103 Å². The van der Waals surface area contributed by atoms with Gasteiger partial charge in [-0.1, -0.05) is 0 Å². The molecule has 1 aromatic carbocycles. The van der Waals surface area contributed by atoms with Gasteiger partial charge in [0.2, 0.25) is 0 Å². The van der Waals surface area contributed by atoms with Gasteiger partial charge in [0, 0.05) is 15.3 Å². The van der Waals surface area contributed by atoms with E-state index in [1.165, 1.54) is 7.11 Å². The summed E-state index contributed by atoms with van der Waals surface area (Å²) in [6.07, 6.45) is 0. The van der Waals surface area contributed by atoms with Crippen molar-refractivity contribution in [3.8, 4) is 0 Å². The number of carbonyl (C=O) groups is 1. The highest BCUT2D eigenvalue weighted by Gasteiger charge is 2.12. The molecule has 4 heteroatoms. The number of nitrogens with one attached hydrogen (secondary N) is 1. The van der Waals surface area contributed by atoms with Gasteiger partial charge < -0.3 is 10.1 Å². The highest BCUT2D eigenvalue weighted by molar-refractivity contribution is 14.1. The molecule has 0 saturated carbocycles. The molecule has 1 aromatic rings. The number of carbonyl (C=O) groups excluding carboxylic acids is 1. The third-order valence-corrected chi connectivity index (χ3v) is 2.50. The van der Waals surface area contributed by atoms with E-state index in [2.05, 4.69) is 27.9 Å². The minimum Gasteiger partial charge on any atom is -0.465 e. The molecule has 0 bridgehead atoms. The second kappa shape index (κ2) is 5.34. The molecule has 82 valence electrons. The van der Waals surface area contributed by atoms with Crippen LogP contribution in [-0.4, -0.2) is 19.1 Å². The fourth-order valence-electron chi connectivity index (χ4n) is 1.23. The molecule has 0 heterocycles. The molecule has 3 nitrogen and oxygen atoms in total. The van der Waals surface area contributed by atoms with E-state index < -0.39 is 0 Å². The Balaban J connectivity index is 3.08. The summed E-state index contributed by atoms with van der Waals surface area (Å²) in [5.41, 5.74) is 1.40. The Morgan fingerprint density at radius 3 is 2.67 bits per heavy atom. The molecule has 0 aliphatic rings. The second-order valence-electron chi connectivity index (χ2n) is 3.48. The van der Waals surface area contributed by atoms with Crippen LogP contribution < -0.4 is 5.32 Å². The van der Waals surface area contributed by atoms with Crippen LogP contribution in [0.5, 0.6) is 0 Å². The third-order valence-electron chi connectivity index (χ3n) is 1.83. The number of rotatable bonds is 3. The van der Waals surface area contributed by atoms with Gasteiger partial charge in [0.25, 0.3) is 0 Å². The number of hydrogen-bond acceptors (Lipinski definition) is 3. The zero-order valence-electron chi connectivity index (χ0n) is 9.00. The summed E-state index contributed by atoms with van der Waals surface area (Å²) in [5.74, 6) is -0.309. The quantitative estimate of drug-likeness (QED) is 0.688. The Morgan fingerprint density at radius 2 is 2.13 bits per heavy atom. The van der Waals surface area contributed by atoms with Crippen molar-refractivity contribution in [2.45, 2.75) is 19.9 Å². The van der Waals surface area contributed by atoms with Gasteiger partial charge in [-0.15, -0.1) is 0 Å². The molecule has 1 N–H and O–H groups in total. The molecule has 0 aliphatic heterocycles. The number of anilines is 1. The van der Waals surface area contributed by atoms with E-state index in [9.17, 15) is 4.79 Å². The van der Waals surface area contributed by atoms with E-state index in [-0.39, 0.29) is 12.0 Å². The Morgan fingerprint density at radius 1 is 1.47 bits per heavy atom. The number of benzene rings is 1. The minimum absolute atomic E-state index is 0.286. The summed E-state index contributed by atoms with van der Waals surface area (Å²) in [5, 5.41) is 3.21. The standard InChI is InChI=1S/C11H14INO2/c1-7(2)13-10-5-4-8(12)6-9(10)11(14)15-3/h4-7,13H,1-3H3. The SMILES string of the molecule is COC(=O)c1cc(I)ccc1NC(C)C. The lowest BCUT2D eigenvalue weighted by Crippen LogP contribution is -2.14. The maximum atomic E-state index is 11.5. The van der Waals surface area contributed by atoms with Crippen LogP contribution >= 0.6 is 22.6 Å². The molecule has 0 unspecified atom stereocenters. The van der Waals surface area contributed by atoms with Crippen LogP contribution in [0.4, 0.5) is 5.69 Å². The van der Waals surface area contributed by atoms with Crippen LogP contribution in [0.1, 0.15) is 24.2 Å². The highest BCUT2D eigenvalue weighted by atomic mass is 127. The first-order chi connectivity index (χ1) is 7.04. The maximum absolute atomic E-state index is 11.5. The van der Waals surface area contributed by atoms with Gasteiger partial charge in [0.05, 0.1) is 12.7 Å². The van der Waals surface area contributed by atoms with Crippen LogP contribution in [0, 0.1) is 3.57 Å². The van der Waals surface area contributed by atoms with Crippen molar-refractivity contribution in [2.75, 3.05) is 12.4 Å². The Bertz CT molecular complexity index is 364. The molecule has 0 spiro atoms. The predicted molar refractivity (Wildman–Crippen MR) is 69.3 cm³/mol. The number of methoxy groups -OCH3 is 1. The van der Waals surface area contributed by atoms with Crippen molar-refractivity contribution in [1.29, 1.82) is 0 Å². The molecule has 1 rings (SSSR count). The van der Waals surface area contributed by atoms with Crippen molar-refractivity contribution in [3.05, 3.63) is 27.3 Å². The summed E-state index contributed by atoms with van der Waals surface area (Å²) in [4.78, 5) is 11.5. The molecule has 0 aliphatic carbocycles. The van der Waals surface area contributed by atoms with Crippen molar-refractivity contribution in [2.24, 2.45) is 0 Å². The molecular weight excluding hydrogens is 305 g/mol. The lowest BCUT2D eigenvalue weighted by atomic mass is 10.1. The molecule has 0 amide bonds. The van der Waals surface area contributed by atoms with Crippen LogP contribution in [0.2, 0.25) is 0 Å². The zero-order chi connectivity index (χ0) is 11.4. The molecule has 0 aromatic heterocycles. The van der Waals surface area contributed by atoms with Gasteiger partial charge in [0.15, 0.2) is 0 Å². The van der Waals surface area contributed by atoms with E-state index in [1.54, 1.807) is 0 Å². The minimum atomic E-state index is -0.309. The normalized spacial score (nSPS) is 10.2. The van der Waals surface area contributed by atoms with Gasteiger partial charge in [-0.3, -0.25) is 0 Å². The van der Waals surface area contributed by atoms with Gasteiger partial charge >= 0.3 is 5.97 Å². The Kier molecular flexibility index (Phi) is 4.38. The van der Waals surface area contributed by atoms with E-state index in [1.807, 2.05) is 32.0 Å². The predicted octanol–water partition coefficient (Wildman–Crippen LogP) is 2.90. The zero-order valence-corrected chi connectivity index (χ0v) is 11.2. The molecule has 0 radical (unpaired) electrons. The lowest BCUT2D eigenvalue weighted by molar-refractivity contribution is 0.0601. The van der Waals surface area contributed by atoms with Crippen LogP contribution in [-0.2, 0) is 4.74 Å². The van der Waals surface area contributed by atoms with Crippen molar-refractivity contribution in [3.63, 3.8) is 0 Å². The fourth-order valence-corrected chi connectivity index (χ4v) is 1.72. The topological polar surface area (TPSA) is 38.3 Å². The van der Waals surface area contributed by atoms with Crippen LogP contribution in [0.3, 0.4) is 0 Å². The first kappa shape index (κ1) is 12.3.